The molecule has 0 unspecified atom stereocenters. The first-order chi connectivity index (χ1) is 7.50. The Hall–Kier alpha value is -1.32. The second-order valence-corrected chi connectivity index (χ2v) is 4.54. The zero-order chi connectivity index (χ0) is 12.1. The van der Waals surface area contributed by atoms with Crippen LogP contribution in [0, 0.1) is 11.8 Å². The van der Waals surface area contributed by atoms with Gasteiger partial charge >= 0.3 is 5.97 Å². The third kappa shape index (κ3) is 3.68. The normalized spacial score (nSPS) is 18.3. The first-order valence-corrected chi connectivity index (χ1v) is 5.70. The van der Waals surface area contributed by atoms with Crippen LogP contribution in [0.4, 0.5) is 0 Å². The van der Waals surface area contributed by atoms with E-state index in [0.717, 1.165) is 0 Å². The molecule has 0 aromatic heterocycles. The van der Waals surface area contributed by atoms with Gasteiger partial charge in [0, 0.05) is 13.1 Å². The minimum Gasteiger partial charge on any atom is -0.481 e. The van der Waals surface area contributed by atoms with Crippen molar-refractivity contribution in [1.82, 2.24) is 4.90 Å². The summed E-state index contributed by atoms with van der Waals surface area (Å²) in [4.78, 5) is 24.1. The van der Waals surface area contributed by atoms with Crippen LogP contribution in [0.15, 0.2) is 12.2 Å². The maximum Gasteiger partial charge on any atom is 0.306 e. The molecule has 90 valence electrons. The second-order valence-electron chi connectivity index (χ2n) is 4.54. The molecule has 4 heteroatoms. The number of carbonyl (C=O) groups is 2. The summed E-state index contributed by atoms with van der Waals surface area (Å²) in [6.45, 7) is 5.14. The summed E-state index contributed by atoms with van der Waals surface area (Å²) >= 11 is 0. The molecule has 1 amide bonds. The molecule has 0 bridgehead atoms. The summed E-state index contributed by atoms with van der Waals surface area (Å²) in [5.41, 5.74) is 0. The van der Waals surface area contributed by atoms with Crippen LogP contribution in [-0.2, 0) is 9.59 Å². The van der Waals surface area contributed by atoms with E-state index in [0.29, 0.717) is 31.8 Å². The van der Waals surface area contributed by atoms with E-state index in [1.54, 1.807) is 11.0 Å². The fraction of sp³-hybridized carbons (Fsp3) is 0.667. The highest BCUT2D eigenvalue weighted by Crippen LogP contribution is 2.17. The smallest absolute Gasteiger partial charge is 0.306 e. The minimum atomic E-state index is -0.746. The number of piperidine rings is 1. The minimum absolute atomic E-state index is 0.00228. The number of carboxylic acid groups (broad SMARTS) is 1. The van der Waals surface area contributed by atoms with Gasteiger partial charge in [-0.25, -0.2) is 0 Å². The number of carbonyl (C=O) groups excluding carboxylic acids is 1. The molecule has 0 saturated carbocycles. The van der Waals surface area contributed by atoms with Crippen molar-refractivity contribution in [2.45, 2.75) is 26.7 Å². The Morgan fingerprint density at radius 3 is 2.31 bits per heavy atom. The van der Waals surface area contributed by atoms with Gasteiger partial charge in [-0.2, -0.15) is 0 Å². The van der Waals surface area contributed by atoms with E-state index < -0.39 is 5.97 Å². The van der Waals surface area contributed by atoms with Crippen LogP contribution in [0.2, 0.25) is 0 Å². The molecule has 1 heterocycles. The van der Waals surface area contributed by atoms with Gasteiger partial charge in [-0.1, -0.05) is 19.9 Å². The molecule has 16 heavy (non-hydrogen) atoms. The lowest BCUT2D eigenvalue weighted by atomic mass is 9.97. The fourth-order valence-electron chi connectivity index (χ4n) is 1.73. The van der Waals surface area contributed by atoms with Crippen LogP contribution in [0.25, 0.3) is 0 Å². The Morgan fingerprint density at radius 1 is 1.31 bits per heavy atom. The summed E-state index contributed by atoms with van der Waals surface area (Å²) in [6.07, 6.45) is 4.59. The van der Waals surface area contributed by atoms with Crippen LogP contribution in [0.1, 0.15) is 26.7 Å². The summed E-state index contributed by atoms with van der Waals surface area (Å²) in [5, 5.41) is 8.82. The Balaban J connectivity index is 2.42. The van der Waals surface area contributed by atoms with Gasteiger partial charge in [0.15, 0.2) is 0 Å². The summed E-state index contributed by atoms with van der Waals surface area (Å²) in [5.74, 6) is -0.666. The molecule has 0 aliphatic carbocycles. The number of hydrogen-bond donors (Lipinski definition) is 1. The molecular formula is C12H19NO3. The first kappa shape index (κ1) is 12.7. The van der Waals surface area contributed by atoms with E-state index in [4.69, 9.17) is 5.11 Å². The molecule has 0 spiro atoms. The van der Waals surface area contributed by atoms with Gasteiger partial charge in [-0.05, 0) is 24.8 Å². The largest absolute Gasteiger partial charge is 0.481 e. The SMILES string of the molecule is CC(C)/C=C/C(=O)N1CCC(C(=O)O)CC1. The topological polar surface area (TPSA) is 57.6 Å². The van der Waals surface area contributed by atoms with E-state index >= 15 is 0 Å². The molecule has 1 N–H and O–H groups in total. The Morgan fingerprint density at radius 2 is 1.88 bits per heavy atom. The molecule has 1 aliphatic rings. The first-order valence-electron chi connectivity index (χ1n) is 5.70. The highest BCUT2D eigenvalue weighted by molar-refractivity contribution is 5.87. The number of allylic oxidation sites excluding steroid dienone is 1. The summed E-state index contributed by atoms with van der Waals surface area (Å²) < 4.78 is 0. The van der Waals surface area contributed by atoms with Gasteiger partial charge in [0.1, 0.15) is 0 Å². The highest BCUT2D eigenvalue weighted by atomic mass is 16.4. The van der Waals surface area contributed by atoms with Crippen molar-refractivity contribution in [3.63, 3.8) is 0 Å². The molecule has 0 aromatic rings. The lowest BCUT2D eigenvalue weighted by Crippen LogP contribution is -2.39. The highest BCUT2D eigenvalue weighted by Gasteiger charge is 2.25. The van der Waals surface area contributed by atoms with Gasteiger partial charge < -0.3 is 10.0 Å². The molecule has 1 fully saturated rings. The number of rotatable bonds is 3. The number of likely N-dealkylation sites (tertiary alicyclic amines) is 1. The predicted molar refractivity (Wildman–Crippen MR) is 60.9 cm³/mol. The molecule has 1 aliphatic heterocycles. The van der Waals surface area contributed by atoms with Crippen LogP contribution >= 0.6 is 0 Å². The molecular weight excluding hydrogens is 206 g/mol. The average molecular weight is 225 g/mol. The van der Waals surface area contributed by atoms with Gasteiger partial charge in [0.25, 0.3) is 0 Å². The van der Waals surface area contributed by atoms with Gasteiger partial charge in [-0.15, -0.1) is 0 Å². The standard InChI is InChI=1S/C12H19NO3/c1-9(2)3-4-11(14)13-7-5-10(6-8-13)12(15)16/h3-4,9-10H,5-8H2,1-2H3,(H,15,16)/b4-3+. The van der Waals surface area contributed by atoms with E-state index in [-0.39, 0.29) is 11.8 Å². The van der Waals surface area contributed by atoms with Crippen molar-refractivity contribution >= 4 is 11.9 Å². The quantitative estimate of drug-likeness (QED) is 0.741. The molecule has 4 nitrogen and oxygen atoms in total. The molecule has 0 radical (unpaired) electrons. The predicted octanol–water partition coefficient (Wildman–Crippen LogP) is 1.52. The Kier molecular flexibility index (Phi) is 4.52. The third-order valence-electron chi connectivity index (χ3n) is 2.78. The van der Waals surface area contributed by atoms with Crippen molar-refractivity contribution in [2.75, 3.05) is 13.1 Å². The zero-order valence-electron chi connectivity index (χ0n) is 9.85. The molecule has 0 aromatic carbocycles. The monoisotopic (exact) mass is 225 g/mol. The summed E-state index contributed by atoms with van der Waals surface area (Å²) in [6, 6.07) is 0. The summed E-state index contributed by atoms with van der Waals surface area (Å²) in [7, 11) is 0. The van der Waals surface area contributed by atoms with E-state index in [2.05, 4.69) is 0 Å². The molecule has 1 rings (SSSR count). The van der Waals surface area contributed by atoms with Crippen molar-refractivity contribution in [3.05, 3.63) is 12.2 Å². The third-order valence-corrected chi connectivity index (χ3v) is 2.78. The van der Waals surface area contributed by atoms with Gasteiger partial charge in [-0.3, -0.25) is 9.59 Å². The van der Waals surface area contributed by atoms with Crippen LogP contribution < -0.4 is 0 Å². The van der Waals surface area contributed by atoms with Crippen molar-refractivity contribution < 1.29 is 14.7 Å². The fourth-order valence-corrected chi connectivity index (χ4v) is 1.73. The second kappa shape index (κ2) is 5.68. The Bertz CT molecular complexity index is 289. The van der Waals surface area contributed by atoms with Crippen LogP contribution in [-0.4, -0.2) is 35.0 Å². The lowest BCUT2D eigenvalue weighted by molar-refractivity contribution is -0.144. The maximum atomic E-state index is 11.7. The van der Waals surface area contributed by atoms with E-state index in [9.17, 15) is 9.59 Å². The lowest BCUT2D eigenvalue weighted by Gasteiger charge is -2.29. The molecule has 1 saturated heterocycles. The number of amides is 1. The van der Waals surface area contributed by atoms with Crippen LogP contribution in [0.5, 0.6) is 0 Å². The van der Waals surface area contributed by atoms with Gasteiger partial charge in [0.2, 0.25) is 5.91 Å². The molecule has 0 atom stereocenters. The average Bonchev–Trinajstić information content (AvgIpc) is 2.26. The van der Waals surface area contributed by atoms with Crippen LogP contribution in [0.3, 0.4) is 0 Å². The van der Waals surface area contributed by atoms with E-state index in [1.165, 1.54) is 0 Å². The van der Waals surface area contributed by atoms with Crippen molar-refractivity contribution in [2.24, 2.45) is 11.8 Å². The number of hydrogen-bond acceptors (Lipinski definition) is 2. The van der Waals surface area contributed by atoms with Crippen molar-refractivity contribution in [3.8, 4) is 0 Å². The number of nitrogens with zero attached hydrogens (tertiary/aromatic N) is 1. The van der Waals surface area contributed by atoms with E-state index in [1.807, 2.05) is 19.9 Å². The number of aliphatic carboxylic acids is 1. The Labute approximate surface area is 95.9 Å². The van der Waals surface area contributed by atoms with Crippen molar-refractivity contribution in [1.29, 1.82) is 0 Å². The number of carboxylic acids is 1. The maximum absolute atomic E-state index is 11.7. The zero-order valence-corrected chi connectivity index (χ0v) is 9.85. The van der Waals surface area contributed by atoms with Gasteiger partial charge in [0.05, 0.1) is 5.92 Å².